The van der Waals surface area contributed by atoms with Gasteiger partial charge in [-0.05, 0) is 31.5 Å². The third-order valence-corrected chi connectivity index (χ3v) is 4.73. The van der Waals surface area contributed by atoms with Gasteiger partial charge in [0.15, 0.2) is 5.82 Å². The summed E-state index contributed by atoms with van der Waals surface area (Å²) in [5.74, 6) is 0.228. The zero-order chi connectivity index (χ0) is 18.8. The molecule has 0 aliphatic rings. The number of hydrogen-bond donors (Lipinski definition) is 1. The van der Waals surface area contributed by atoms with Crippen molar-refractivity contribution >= 4 is 46.5 Å². The molecule has 1 aromatic carbocycles. The van der Waals surface area contributed by atoms with Crippen molar-refractivity contribution in [2.24, 2.45) is 0 Å². The highest BCUT2D eigenvalue weighted by molar-refractivity contribution is 6.35. The van der Waals surface area contributed by atoms with E-state index in [4.69, 9.17) is 34.8 Å². The van der Waals surface area contributed by atoms with Crippen LogP contribution < -0.4 is 5.32 Å². The number of halogens is 3. The van der Waals surface area contributed by atoms with Gasteiger partial charge in [0.1, 0.15) is 6.54 Å². The Hall–Kier alpha value is -2.02. The standard InChI is InChI=1S/C17H16Cl3N5O/c1-10-5-16(21-17(26)9-24-8-15(20)11(2)22-24)23-25(10)7-12-3-4-13(18)6-14(12)19/h3-6,8H,7,9H2,1-2H3,(H,21,23,26). The molecule has 3 aromatic rings. The van der Waals surface area contributed by atoms with Gasteiger partial charge in [0.2, 0.25) is 5.91 Å². The number of nitrogens with one attached hydrogen (secondary N) is 1. The Morgan fingerprint density at radius 1 is 1.12 bits per heavy atom. The van der Waals surface area contributed by atoms with Gasteiger partial charge < -0.3 is 5.32 Å². The first-order valence-corrected chi connectivity index (χ1v) is 8.93. The quantitative estimate of drug-likeness (QED) is 0.678. The molecule has 2 aromatic heterocycles. The second-order valence-corrected chi connectivity index (χ2v) is 7.12. The first kappa shape index (κ1) is 18.8. The van der Waals surface area contributed by atoms with E-state index in [-0.39, 0.29) is 12.5 Å². The van der Waals surface area contributed by atoms with Crippen LogP contribution in [-0.2, 0) is 17.9 Å². The average Bonchev–Trinajstić information content (AvgIpc) is 3.04. The lowest BCUT2D eigenvalue weighted by Crippen LogP contribution is -2.19. The molecule has 0 fully saturated rings. The molecule has 0 aliphatic carbocycles. The number of hydrogen-bond acceptors (Lipinski definition) is 3. The summed E-state index contributed by atoms with van der Waals surface area (Å²) in [6.07, 6.45) is 1.61. The van der Waals surface area contributed by atoms with Gasteiger partial charge in [0, 0.05) is 28.0 Å². The van der Waals surface area contributed by atoms with Crippen LogP contribution in [0.2, 0.25) is 15.1 Å². The molecule has 0 aliphatic heterocycles. The molecule has 2 heterocycles. The minimum atomic E-state index is -0.238. The summed E-state index contributed by atoms with van der Waals surface area (Å²) in [5.41, 5.74) is 2.46. The van der Waals surface area contributed by atoms with E-state index < -0.39 is 0 Å². The third-order valence-electron chi connectivity index (χ3n) is 3.78. The van der Waals surface area contributed by atoms with Gasteiger partial charge in [0.25, 0.3) is 0 Å². The Labute approximate surface area is 165 Å². The maximum absolute atomic E-state index is 12.2. The van der Waals surface area contributed by atoms with Crippen molar-refractivity contribution in [3.8, 4) is 0 Å². The van der Waals surface area contributed by atoms with E-state index in [1.807, 2.05) is 13.0 Å². The Kier molecular flexibility index (Phi) is 5.55. The molecule has 26 heavy (non-hydrogen) atoms. The second-order valence-electron chi connectivity index (χ2n) is 5.87. The van der Waals surface area contributed by atoms with Crippen LogP contribution in [0.5, 0.6) is 0 Å². The first-order chi connectivity index (χ1) is 12.3. The van der Waals surface area contributed by atoms with Crippen molar-refractivity contribution in [2.75, 3.05) is 5.32 Å². The van der Waals surface area contributed by atoms with E-state index >= 15 is 0 Å². The molecule has 1 N–H and O–H groups in total. The highest BCUT2D eigenvalue weighted by Crippen LogP contribution is 2.22. The maximum atomic E-state index is 12.2. The van der Waals surface area contributed by atoms with Gasteiger partial charge in [-0.15, -0.1) is 0 Å². The molecule has 0 radical (unpaired) electrons. The maximum Gasteiger partial charge on any atom is 0.247 e. The summed E-state index contributed by atoms with van der Waals surface area (Å²) in [6, 6.07) is 7.12. The predicted octanol–water partition coefficient (Wildman–Crippen LogP) is 4.34. The van der Waals surface area contributed by atoms with E-state index in [9.17, 15) is 4.79 Å². The Morgan fingerprint density at radius 3 is 2.54 bits per heavy atom. The molecule has 3 rings (SSSR count). The van der Waals surface area contributed by atoms with Gasteiger partial charge in [0.05, 0.1) is 17.3 Å². The predicted molar refractivity (Wildman–Crippen MR) is 103 cm³/mol. The van der Waals surface area contributed by atoms with Crippen LogP contribution in [0.25, 0.3) is 0 Å². The lowest BCUT2D eigenvalue weighted by Gasteiger charge is -2.07. The van der Waals surface area contributed by atoms with Crippen LogP contribution in [0.1, 0.15) is 17.0 Å². The lowest BCUT2D eigenvalue weighted by molar-refractivity contribution is -0.116. The molecule has 0 saturated carbocycles. The summed E-state index contributed by atoms with van der Waals surface area (Å²) in [5, 5.41) is 13.0. The lowest BCUT2D eigenvalue weighted by atomic mass is 10.2. The van der Waals surface area contributed by atoms with Crippen LogP contribution in [-0.4, -0.2) is 25.5 Å². The van der Waals surface area contributed by atoms with Crippen molar-refractivity contribution in [2.45, 2.75) is 26.9 Å². The highest BCUT2D eigenvalue weighted by Gasteiger charge is 2.12. The van der Waals surface area contributed by atoms with E-state index in [2.05, 4.69) is 15.5 Å². The minimum absolute atomic E-state index is 0.0580. The number of benzene rings is 1. The molecule has 9 heteroatoms. The first-order valence-electron chi connectivity index (χ1n) is 7.79. The zero-order valence-electron chi connectivity index (χ0n) is 14.1. The van der Waals surface area contributed by atoms with Gasteiger partial charge in [-0.3, -0.25) is 14.2 Å². The number of carbonyl (C=O) groups is 1. The van der Waals surface area contributed by atoms with Gasteiger partial charge in [-0.2, -0.15) is 10.2 Å². The number of aryl methyl sites for hydroxylation is 2. The highest BCUT2D eigenvalue weighted by atomic mass is 35.5. The SMILES string of the molecule is Cc1nn(CC(=O)Nc2cc(C)n(Cc3ccc(Cl)cc3Cl)n2)cc1Cl. The summed E-state index contributed by atoms with van der Waals surface area (Å²) in [7, 11) is 0. The molecule has 6 nitrogen and oxygen atoms in total. The van der Waals surface area contributed by atoms with Gasteiger partial charge in [-0.25, -0.2) is 0 Å². The van der Waals surface area contributed by atoms with Crippen molar-refractivity contribution in [1.29, 1.82) is 0 Å². The van der Waals surface area contributed by atoms with Crippen LogP contribution in [0.4, 0.5) is 5.82 Å². The number of amides is 1. The van der Waals surface area contributed by atoms with Crippen LogP contribution >= 0.6 is 34.8 Å². The monoisotopic (exact) mass is 411 g/mol. The van der Waals surface area contributed by atoms with Crippen molar-refractivity contribution in [1.82, 2.24) is 19.6 Å². The average molecular weight is 413 g/mol. The fraction of sp³-hybridized carbons (Fsp3) is 0.235. The molecule has 0 unspecified atom stereocenters. The Morgan fingerprint density at radius 2 is 1.88 bits per heavy atom. The van der Waals surface area contributed by atoms with Crippen LogP contribution in [0.3, 0.4) is 0 Å². The van der Waals surface area contributed by atoms with Crippen LogP contribution in [0.15, 0.2) is 30.5 Å². The van der Waals surface area contributed by atoms with Gasteiger partial charge >= 0.3 is 0 Å². The minimum Gasteiger partial charge on any atom is -0.308 e. The van der Waals surface area contributed by atoms with E-state index in [1.165, 1.54) is 4.68 Å². The smallest absolute Gasteiger partial charge is 0.247 e. The fourth-order valence-corrected chi connectivity index (χ4v) is 3.07. The normalized spacial score (nSPS) is 11.0. The van der Waals surface area contributed by atoms with E-state index in [1.54, 1.807) is 36.0 Å². The summed E-state index contributed by atoms with van der Waals surface area (Å²) >= 11 is 18.1. The molecule has 0 atom stereocenters. The molecule has 1 amide bonds. The number of anilines is 1. The Bertz CT molecular complexity index is 944. The fourth-order valence-electron chi connectivity index (χ4n) is 2.45. The zero-order valence-corrected chi connectivity index (χ0v) is 16.4. The number of carbonyl (C=O) groups excluding carboxylic acids is 1. The molecular formula is C17H16Cl3N5O. The Balaban J connectivity index is 1.68. The summed E-state index contributed by atoms with van der Waals surface area (Å²) < 4.78 is 3.25. The van der Waals surface area contributed by atoms with Crippen molar-refractivity contribution in [3.63, 3.8) is 0 Å². The number of rotatable bonds is 5. The molecule has 0 bridgehead atoms. The van der Waals surface area contributed by atoms with Crippen molar-refractivity contribution in [3.05, 3.63) is 62.5 Å². The van der Waals surface area contributed by atoms with Crippen LogP contribution in [0, 0.1) is 13.8 Å². The van der Waals surface area contributed by atoms with Crippen molar-refractivity contribution < 1.29 is 4.79 Å². The van der Waals surface area contributed by atoms with Gasteiger partial charge in [-0.1, -0.05) is 40.9 Å². The molecular weight excluding hydrogens is 397 g/mol. The molecule has 0 spiro atoms. The molecule has 136 valence electrons. The largest absolute Gasteiger partial charge is 0.308 e. The number of aromatic nitrogens is 4. The second kappa shape index (κ2) is 7.70. The topological polar surface area (TPSA) is 64.7 Å². The van der Waals surface area contributed by atoms with E-state index in [0.29, 0.717) is 33.1 Å². The molecule has 0 saturated heterocycles. The van der Waals surface area contributed by atoms with E-state index in [0.717, 1.165) is 11.3 Å². The summed E-state index contributed by atoms with van der Waals surface area (Å²) in [4.78, 5) is 12.2. The summed E-state index contributed by atoms with van der Waals surface area (Å²) in [6.45, 7) is 4.22. The third kappa shape index (κ3) is 4.38. The number of nitrogens with zero attached hydrogens (tertiary/aromatic N) is 4.